The second kappa shape index (κ2) is 6.24. The number of benzene rings is 1. The summed E-state index contributed by atoms with van der Waals surface area (Å²) >= 11 is 0. The summed E-state index contributed by atoms with van der Waals surface area (Å²) in [4.78, 5) is 20.3. The van der Waals surface area contributed by atoms with Crippen molar-refractivity contribution in [1.82, 2.24) is 0 Å². The van der Waals surface area contributed by atoms with Gasteiger partial charge in [0, 0.05) is 6.08 Å². The third-order valence-electron chi connectivity index (χ3n) is 2.09. The standard InChI is InChI=1S/C11H6F2N2O5/c12-11(13)20-8-3-1-6(5-14)7(2-4-9(16)17)10(8)15(18)19/h1-4,11H,(H,16,17)/b4-2+. The Labute approximate surface area is 110 Å². The highest BCUT2D eigenvalue weighted by atomic mass is 19.3. The summed E-state index contributed by atoms with van der Waals surface area (Å²) in [6, 6.07) is 3.47. The Morgan fingerprint density at radius 3 is 2.65 bits per heavy atom. The molecule has 0 aliphatic heterocycles. The van der Waals surface area contributed by atoms with Crippen LogP contribution in [-0.2, 0) is 4.79 Å². The third-order valence-corrected chi connectivity index (χ3v) is 2.09. The van der Waals surface area contributed by atoms with Crippen molar-refractivity contribution in [3.05, 3.63) is 39.4 Å². The first-order valence-corrected chi connectivity index (χ1v) is 4.94. The van der Waals surface area contributed by atoms with Crippen LogP contribution in [0.3, 0.4) is 0 Å². The number of hydrogen-bond donors (Lipinski definition) is 1. The van der Waals surface area contributed by atoms with Crippen molar-refractivity contribution >= 4 is 17.7 Å². The van der Waals surface area contributed by atoms with Crippen LogP contribution >= 0.6 is 0 Å². The number of aliphatic carboxylic acids is 1. The lowest BCUT2D eigenvalue weighted by atomic mass is 10.0. The van der Waals surface area contributed by atoms with E-state index in [-0.39, 0.29) is 5.56 Å². The van der Waals surface area contributed by atoms with Gasteiger partial charge in [-0.05, 0) is 18.2 Å². The summed E-state index contributed by atoms with van der Waals surface area (Å²) in [5.74, 6) is -2.17. The van der Waals surface area contributed by atoms with Crippen molar-refractivity contribution in [1.29, 1.82) is 5.26 Å². The molecule has 0 unspecified atom stereocenters. The first kappa shape index (κ1) is 15.0. The maximum Gasteiger partial charge on any atom is 0.387 e. The van der Waals surface area contributed by atoms with E-state index in [4.69, 9.17) is 10.4 Å². The molecule has 1 N–H and O–H groups in total. The van der Waals surface area contributed by atoms with Gasteiger partial charge in [0.15, 0.2) is 0 Å². The smallest absolute Gasteiger partial charge is 0.387 e. The van der Waals surface area contributed by atoms with Crippen LogP contribution in [0.2, 0.25) is 0 Å². The van der Waals surface area contributed by atoms with E-state index >= 15 is 0 Å². The molecule has 0 saturated carbocycles. The Balaban J connectivity index is 3.53. The van der Waals surface area contributed by atoms with Crippen LogP contribution in [0.1, 0.15) is 11.1 Å². The van der Waals surface area contributed by atoms with E-state index in [1.165, 1.54) is 0 Å². The lowest BCUT2D eigenvalue weighted by Crippen LogP contribution is -2.06. The van der Waals surface area contributed by atoms with Gasteiger partial charge in [-0.25, -0.2) is 4.79 Å². The number of halogens is 2. The summed E-state index contributed by atoms with van der Waals surface area (Å²) in [6.45, 7) is -3.29. The molecule has 0 aliphatic carbocycles. The molecule has 0 bridgehead atoms. The molecule has 0 spiro atoms. The molecule has 1 aromatic rings. The Morgan fingerprint density at radius 2 is 2.20 bits per heavy atom. The van der Waals surface area contributed by atoms with Crippen LogP contribution in [0.5, 0.6) is 5.75 Å². The maximum atomic E-state index is 12.2. The summed E-state index contributed by atoms with van der Waals surface area (Å²) in [5.41, 5.74) is -1.56. The number of ether oxygens (including phenoxy) is 1. The molecule has 1 rings (SSSR count). The Morgan fingerprint density at radius 1 is 1.55 bits per heavy atom. The minimum absolute atomic E-state index is 0.240. The van der Waals surface area contributed by atoms with E-state index in [0.29, 0.717) is 6.08 Å². The zero-order chi connectivity index (χ0) is 15.3. The van der Waals surface area contributed by atoms with Gasteiger partial charge in [-0.15, -0.1) is 0 Å². The number of nitriles is 1. The minimum Gasteiger partial charge on any atom is -0.478 e. The van der Waals surface area contributed by atoms with Gasteiger partial charge in [-0.1, -0.05) is 0 Å². The van der Waals surface area contributed by atoms with Crippen LogP contribution in [0.25, 0.3) is 6.08 Å². The third kappa shape index (κ3) is 3.49. The SMILES string of the molecule is N#Cc1ccc(OC(F)F)c([N+](=O)[O-])c1/C=C/C(=O)O. The molecule has 0 aromatic heterocycles. The molecular formula is C11H6F2N2O5. The van der Waals surface area contributed by atoms with Crippen LogP contribution in [0.15, 0.2) is 18.2 Å². The van der Waals surface area contributed by atoms with Gasteiger partial charge in [-0.3, -0.25) is 10.1 Å². The minimum atomic E-state index is -3.29. The molecule has 1 aromatic carbocycles. The van der Waals surface area contributed by atoms with Crippen molar-refractivity contribution in [2.24, 2.45) is 0 Å². The fourth-order valence-corrected chi connectivity index (χ4v) is 1.39. The van der Waals surface area contributed by atoms with Gasteiger partial charge in [0.1, 0.15) is 6.07 Å². The molecule has 0 radical (unpaired) electrons. The Bertz CT molecular complexity index is 622. The fourth-order valence-electron chi connectivity index (χ4n) is 1.39. The number of alkyl halides is 2. The van der Waals surface area contributed by atoms with Crippen LogP contribution in [0, 0.1) is 21.4 Å². The van der Waals surface area contributed by atoms with Gasteiger partial charge in [-0.2, -0.15) is 14.0 Å². The Kier molecular flexibility index (Phi) is 4.69. The number of carboxylic acids is 1. The van der Waals surface area contributed by atoms with Crippen molar-refractivity contribution in [2.45, 2.75) is 6.61 Å². The molecule has 0 heterocycles. The van der Waals surface area contributed by atoms with Crippen molar-refractivity contribution < 1.29 is 28.3 Å². The predicted octanol–water partition coefficient (Wildman–Crippen LogP) is 2.17. The highest BCUT2D eigenvalue weighted by Crippen LogP contribution is 2.35. The van der Waals surface area contributed by atoms with E-state index in [0.717, 1.165) is 18.2 Å². The average Bonchev–Trinajstić information content (AvgIpc) is 2.34. The van der Waals surface area contributed by atoms with E-state index in [9.17, 15) is 23.7 Å². The van der Waals surface area contributed by atoms with E-state index in [1.807, 2.05) is 0 Å². The molecule has 7 nitrogen and oxygen atoms in total. The zero-order valence-corrected chi connectivity index (χ0v) is 9.62. The highest BCUT2D eigenvalue weighted by molar-refractivity contribution is 5.87. The predicted molar refractivity (Wildman–Crippen MR) is 61.1 cm³/mol. The van der Waals surface area contributed by atoms with Gasteiger partial charge in [0.2, 0.25) is 5.75 Å². The maximum absolute atomic E-state index is 12.2. The summed E-state index contributed by atoms with van der Waals surface area (Å²) in [7, 11) is 0. The molecule has 0 saturated heterocycles. The number of nitro benzene ring substituents is 1. The second-order valence-electron chi connectivity index (χ2n) is 3.29. The summed E-state index contributed by atoms with van der Waals surface area (Å²) in [5, 5.41) is 28.2. The number of nitro groups is 1. The fraction of sp³-hybridized carbons (Fsp3) is 0.0909. The second-order valence-corrected chi connectivity index (χ2v) is 3.29. The molecule has 0 amide bonds. The zero-order valence-electron chi connectivity index (χ0n) is 9.62. The molecule has 20 heavy (non-hydrogen) atoms. The van der Waals surface area contributed by atoms with Crippen molar-refractivity contribution in [2.75, 3.05) is 0 Å². The number of carbonyl (C=O) groups is 1. The normalized spacial score (nSPS) is 10.5. The van der Waals surface area contributed by atoms with Crippen LogP contribution in [0.4, 0.5) is 14.5 Å². The lowest BCUT2D eigenvalue weighted by Gasteiger charge is -2.08. The van der Waals surface area contributed by atoms with E-state index in [1.54, 1.807) is 6.07 Å². The highest BCUT2D eigenvalue weighted by Gasteiger charge is 2.25. The molecule has 104 valence electrons. The van der Waals surface area contributed by atoms with E-state index in [2.05, 4.69) is 4.74 Å². The Hall–Kier alpha value is -3.02. The van der Waals surface area contributed by atoms with Crippen LogP contribution in [-0.4, -0.2) is 22.6 Å². The summed E-state index contributed by atoms with van der Waals surface area (Å²) in [6.07, 6.45) is 1.33. The van der Waals surface area contributed by atoms with Gasteiger partial charge >= 0.3 is 18.3 Å². The lowest BCUT2D eigenvalue weighted by molar-refractivity contribution is -0.386. The van der Waals surface area contributed by atoms with Gasteiger partial charge < -0.3 is 9.84 Å². The first-order valence-electron chi connectivity index (χ1n) is 4.94. The molecular weight excluding hydrogens is 278 g/mol. The first-order chi connectivity index (χ1) is 9.36. The molecule has 9 heteroatoms. The van der Waals surface area contributed by atoms with Gasteiger partial charge in [0.05, 0.1) is 16.1 Å². The molecule has 0 atom stereocenters. The molecule has 0 fully saturated rings. The average molecular weight is 284 g/mol. The number of hydrogen-bond acceptors (Lipinski definition) is 5. The molecule has 0 aliphatic rings. The number of carboxylic acid groups (broad SMARTS) is 1. The van der Waals surface area contributed by atoms with Crippen LogP contribution < -0.4 is 4.74 Å². The number of nitrogens with zero attached hydrogens (tertiary/aromatic N) is 2. The van der Waals surface area contributed by atoms with Crippen molar-refractivity contribution in [3.63, 3.8) is 0 Å². The number of rotatable bonds is 5. The van der Waals surface area contributed by atoms with Gasteiger partial charge in [0.25, 0.3) is 0 Å². The summed E-state index contributed by atoms with van der Waals surface area (Å²) < 4.78 is 28.3. The van der Waals surface area contributed by atoms with E-state index < -0.39 is 34.5 Å². The monoisotopic (exact) mass is 284 g/mol. The topological polar surface area (TPSA) is 113 Å². The van der Waals surface area contributed by atoms with Crippen molar-refractivity contribution in [3.8, 4) is 11.8 Å². The quantitative estimate of drug-likeness (QED) is 0.503. The largest absolute Gasteiger partial charge is 0.478 e.